The highest BCUT2D eigenvalue weighted by Crippen LogP contribution is 2.41. The van der Waals surface area contributed by atoms with Crippen LogP contribution in [0.25, 0.3) is 0 Å². The molecule has 2 heterocycles. The van der Waals surface area contributed by atoms with Gasteiger partial charge in [0.2, 0.25) is 0 Å². The Bertz CT molecular complexity index is 374. The normalized spacial score (nSPS) is 35.1. The first-order valence-corrected chi connectivity index (χ1v) is 6.56. The molecule has 1 aliphatic heterocycles. The molecule has 17 heavy (non-hydrogen) atoms. The summed E-state index contributed by atoms with van der Waals surface area (Å²) in [5.41, 5.74) is 1.34. The second-order valence-electron chi connectivity index (χ2n) is 5.82. The highest BCUT2D eigenvalue weighted by molar-refractivity contribution is 5.05. The summed E-state index contributed by atoms with van der Waals surface area (Å²) in [5.74, 6) is 0.870. The summed E-state index contributed by atoms with van der Waals surface area (Å²) >= 11 is 0. The van der Waals surface area contributed by atoms with Crippen molar-refractivity contribution in [1.29, 1.82) is 0 Å². The van der Waals surface area contributed by atoms with E-state index in [4.69, 9.17) is 4.52 Å². The summed E-state index contributed by atoms with van der Waals surface area (Å²) in [6.45, 7) is 7.74. The SMILES string of the molecule is CC1CNC(C)(C2CC2)CN1Cc1ccon1. The van der Waals surface area contributed by atoms with E-state index in [-0.39, 0.29) is 0 Å². The van der Waals surface area contributed by atoms with Crippen molar-refractivity contribution >= 4 is 0 Å². The molecule has 0 aromatic carbocycles. The molecule has 94 valence electrons. The standard InChI is InChI=1S/C13H21N3O/c1-10-7-14-13(2,11-3-4-11)9-16(10)8-12-5-6-17-15-12/h5-6,10-11,14H,3-4,7-9H2,1-2H3. The minimum atomic E-state index is 0.302. The second-order valence-corrected chi connectivity index (χ2v) is 5.82. The molecule has 1 saturated carbocycles. The largest absolute Gasteiger partial charge is 0.364 e. The van der Waals surface area contributed by atoms with Crippen molar-refractivity contribution in [2.75, 3.05) is 13.1 Å². The van der Waals surface area contributed by atoms with Crippen LogP contribution in [0, 0.1) is 5.92 Å². The van der Waals surface area contributed by atoms with Crippen molar-refractivity contribution in [2.24, 2.45) is 5.92 Å². The van der Waals surface area contributed by atoms with Crippen molar-refractivity contribution in [3.05, 3.63) is 18.0 Å². The average Bonchev–Trinajstić information content (AvgIpc) is 3.05. The van der Waals surface area contributed by atoms with Crippen LogP contribution >= 0.6 is 0 Å². The fraction of sp³-hybridized carbons (Fsp3) is 0.769. The smallest absolute Gasteiger partial charge is 0.124 e. The Balaban J connectivity index is 1.69. The maximum absolute atomic E-state index is 4.91. The monoisotopic (exact) mass is 235 g/mol. The summed E-state index contributed by atoms with van der Waals surface area (Å²) in [5, 5.41) is 7.75. The Morgan fingerprint density at radius 2 is 2.41 bits per heavy atom. The summed E-state index contributed by atoms with van der Waals surface area (Å²) in [6, 6.07) is 2.53. The molecule has 1 aromatic heterocycles. The zero-order valence-electron chi connectivity index (χ0n) is 10.6. The third-order valence-corrected chi connectivity index (χ3v) is 4.29. The Kier molecular flexibility index (Phi) is 2.71. The molecule has 1 aromatic rings. The molecule has 0 spiro atoms. The predicted molar refractivity (Wildman–Crippen MR) is 65.5 cm³/mol. The van der Waals surface area contributed by atoms with Gasteiger partial charge in [-0.3, -0.25) is 4.90 Å². The van der Waals surface area contributed by atoms with E-state index in [0.29, 0.717) is 11.6 Å². The van der Waals surface area contributed by atoms with E-state index in [1.165, 1.54) is 12.8 Å². The lowest BCUT2D eigenvalue weighted by Crippen LogP contribution is -2.62. The molecular weight excluding hydrogens is 214 g/mol. The van der Waals surface area contributed by atoms with Gasteiger partial charge in [-0.25, -0.2) is 0 Å². The van der Waals surface area contributed by atoms with Gasteiger partial charge in [0, 0.05) is 37.3 Å². The van der Waals surface area contributed by atoms with Gasteiger partial charge in [0.05, 0.1) is 5.69 Å². The average molecular weight is 235 g/mol. The molecule has 2 aliphatic rings. The van der Waals surface area contributed by atoms with Gasteiger partial charge in [-0.05, 0) is 32.6 Å². The van der Waals surface area contributed by atoms with Crippen LogP contribution in [-0.4, -0.2) is 34.7 Å². The van der Waals surface area contributed by atoms with Crippen LogP contribution in [0.15, 0.2) is 16.9 Å². The Morgan fingerprint density at radius 1 is 1.59 bits per heavy atom. The minimum Gasteiger partial charge on any atom is -0.364 e. The lowest BCUT2D eigenvalue weighted by molar-refractivity contribution is 0.0751. The number of piperazine rings is 1. The summed E-state index contributed by atoms with van der Waals surface area (Å²) in [4.78, 5) is 2.52. The van der Waals surface area contributed by atoms with Crippen LogP contribution in [0.4, 0.5) is 0 Å². The zero-order valence-corrected chi connectivity index (χ0v) is 10.6. The van der Waals surface area contributed by atoms with Gasteiger partial charge < -0.3 is 9.84 Å². The molecule has 0 bridgehead atoms. The van der Waals surface area contributed by atoms with Gasteiger partial charge in [-0.2, -0.15) is 0 Å². The molecule has 1 saturated heterocycles. The van der Waals surface area contributed by atoms with Gasteiger partial charge in [0.1, 0.15) is 6.26 Å². The molecule has 4 heteroatoms. The molecule has 2 atom stereocenters. The number of rotatable bonds is 3. The Hall–Kier alpha value is -0.870. The Morgan fingerprint density at radius 3 is 3.06 bits per heavy atom. The molecule has 0 amide bonds. The quantitative estimate of drug-likeness (QED) is 0.864. The maximum atomic E-state index is 4.91. The number of hydrogen-bond acceptors (Lipinski definition) is 4. The zero-order chi connectivity index (χ0) is 11.9. The van der Waals surface area contributed by atoms with Crippen molar-refractivity contribution in [1.82, 2.24) is 15.4 Å². The number of nitrogens with one attached hydrogen (secondary N) is 1. The number of nitrogens with zero attached hydrogens (tertiary/aromatic N) is 2. The third kappa shape index (κ3) is 2.24. The van der Waals surface area contributed by atoms with E-state index < -0.39 is 0 Å². The van der Waals surface area contributed by atoms with Crippen molar-refractivity contribution in [3.63, 3.8) is 0 Å². The first-order valence-electron chi connectivity index (χ1n) is 6.56. The van der Waals surface area contributed by atoms with Crippen LogP contribution in [0.3, 0.4) is 0 Å². The topological polar surface area (TPSA) is 41.3 Å². The summed E-state index contributed by atoms with van der Waals surface area (Å²) in [7, 11) is 0. The van der Waals surface area contributed by atoms with Crippen molar-refractivity contribution in [2.45, 2.75) is 44.8 Å². The predicted octanol–water partition coefficient (Wildman–Crippen LogP) is 1.64. The molecule has 1 aliphatic carbocycles. The van der Waals surface area contributed by atoms with Crippen LogP contribution in [0.2, 0.25) is 0 Å². The van der Waals surface area contributed by atoms with E-state index in [9.17, 15) is 0 Å². The molecule has 4 nitrogen and oxygen atoms in total. The third-order valence-electron chi connectivity index (χ3n) is 4.29. The molecule has 3 rings (SSSR count). The van der Waals surface area contributed by atoms with E-state index in [0.717, 1.165) is 31.2 Å². The fourth-order valence-corrected chi connectivity index (χ4v) is 2.88. The summed E-state index contributed by atoms with van der Waals surface area (Å²) in [6.07, 6.45) is 4.42. The molecular formula is C13H21N3O. The molecule has 1 N–H and O–H groups in total. The van der Waals surface area contributed by atoms with Crippen molar-refractivity contribution in [3.8, 4) is 0 Å². The van der Waals surface area contributed by atoms with Crippen LogP contribution in [0.1, 0.15) is 32.4 Å². The van der Waals surface area contributed by atoms with Crippen LogP contribution in [0.5, 0.6) is 0 Å². The highest BCUT2D eigenvalue weighted by atomic mass is 16.5. The van der Waals surface area contributed by atoms with E-state index in [1.54, 1.807) is 6.26 Å². The second kappa shape index (κ2) is 4.10. The lowest BCUT2D eigenvalue weighted by atomic mass is 9.91. The van der Waals surface area contributed by atoms with E-state index >= 15 is 0 Å². The van der Waals surface area contributed by atoms with Crippen LogP contribution in [-0.2, 0) is 6.54 Å². The van der Waals surface area contributed by atoms with Gasteiger partial charge >= 0.3 is 0 Å². The van der Waals surface area contributed by atoms with E-state index in [2.05, 4.69) is 29.2 Å². The summed E-state index contributed by atoms with van der Waals surface area (Å²) < 4.78 is 4.91. The molecule has 0 radical (unpaired) electrons. The van der Waals surface area contributed by atoms with E-state index in [1.807, 2.05) is 6.07 Å². The highest BCUT2D eigenvalue weighted by Gasteiger charge is 2.45. The minimum absolute atomic E-state index is 0.302. The van der Waals surface area contributed by atoms with Gasteiger partial charge in [0.25, 0.3) is 0 Å². The first-order chi connectivity index (χ1) is 8.17. The van der Waals surface area contributed by atoms with Gasteiger partial charge in [0.15, 0.2) is 0 Å². The first kappa shape index (κ1) is 11.2. The molecule has 2 fully saturated rings. The number of aromatic nitrogens is 1. The van der Waals surface area contributed by atoms with Crippen LogP contribution < -0.4 is 5.32 Å². The Labute approximate surface area is 102 Å². The number of hydrogen-bond donors (Lipinski definition) is 1. The lowest BCUT2D eigenvalue weighted by Gasteiger charge is -2.45. The van der Waals surface area contributed by atoms with Crippen molar-refractivity contribution < 1.29 is 4.52 Å². The maximum Gasteiger partial charge on any atom is 0.124 e. The molecule has 2 unspecified atom stereocenters. The fourth-order valence-electron chi connectivity index (χ4n) is 2.88. The van der Waals surface area contributed by atoms with Gasteiger partial charge in [-0.1, -0.05) is 5.16 Å². The van der Waals surface area contributed by atoms with Gasteiger partial charge in [-0.15, -0.1) is 0 Å².